The number of aryl methyl sites for hydroxylation is 1. The number of nitrogens with one attached hydrogen (secondary N) is 1. The van der Waals surface area contributed by atoms with Crippen LogP contribution in [0, 0.1) is 0 Å². The van der Waals surface area contributed by atoms with E-state index in [9.17, 15) is 0 Å². The lowest BCUT2D eigenvalue weighted by atomic mass is 9.90. The number of rotatable bonds is 12. The number of pyridine rings is 4. The Balaban J connectivity index is 1.11. The molecule has 1 aliphatic carbocycles. The van der Waals surface area contributed by atoms with Gasteiger partial charge in [0.2, 0.25) is 0 Å². The largest absolute Gasteiger partial charge is 0.353 e. The van der Waals surface area contributed by atoms with E-state index < -0.39 is 0 Å². The molecule has 0 fully saturated rings. The molecule has 5 aromatic heterocycles. The SMILES string of the molecule is c1ccc(CN(CCCCN(Cc2nccc3c2[nH]c2ccccc23)C2CCCc3cccnc32)Cc2ccccn2)nc1. The van der Waals surface area contributed by atoms with Crippen LogP contribution in [0.1, 0.15) is 60.1 Å². The van der Waals surface area contributed by atoms with Crippen molar-refractivity contribution in [3.63, 3.8) is 0 Å². The van der Waals surface area contributed by atoms with Gasteiger partial charge in [0.15, 0.2) is 0 Å². The molecule has 1 N–H and O–H groups in total. The molecule has 0 bridgehead atoms. The average molecular weight is 582 g/mol. The van der Waals surface area contributed by atoms with Crippen LogP contribution in [-0.2, 0) is 26.1 Å². The molecule has 0 aliphatic heterocycles. The molecule has 5 heterocycles. The van der Waals surface area contributed by atoms with Crippen LogP contribution >= 0.6 is 0 Å². The summed E-state index contributed by atoms with van der Waals surface area (Å²) < 4.78 is 0. The maximum Gasteiger partial charge on any atom is 0.0784 e. The number of unbranched alkanes of at least 4 members (excludes halogenated alkanes) is 1. The van der Waals surface area contributed by atoms with Crippen molar-refractivity contribution in [3.8, 4) is 0 Å². The van der Waals surface area contributed by atoms with Crippen LogP contribution in [0.2, 0.25) is 0 Å². The number of para-hydroxylation sites is 1. The summed E-state index contributed by atoms with van der Waals surface area (Å²) in [5.41, 5.74) is 8.23. The molecule has 0 saturated heterocycles. The number of H-pyrrole nitrogens is 1. The molecule has 0 spiro atoms. The van der Waals surface area contributed by atoms with Gasteiger partial charge in [0.05, 0.1) is 34.3 Å². The van der Waals surface area contributed by atoms with Crippen molar-refractivity contribution in [2.45, 2.75) is 57.8 Å². The van der Waals surface area contributed by atoms with Gasteiger partial charge < -0.3 is 4.98 Å². The lowest BCUT2D eigenvalue weighted by Crippen LogP contribution is -2.33. The lowest BCUT2D eigenvalue weighted by molar-refractivity contribution is 0.156. The molecule has 0 saturated carbocycles. The zero-order valence-electron chi connectivity index (χ0n) is 25.1. The van der Waals surface area contributed by atoms with Gasteiger partial charge in [-0.3, -0.25) is 29.7 Å². The molecule has 0 radical (unpaired) electrons. The lowest BCUT2D eigenvalue weighted by Gasteiger charge is -2.35. The predicted octanol–water partition coefficient (Wildman–Crippen LogP) is 7.26. The Kier molecular flexibility index (Phi) is 8.66. The van der Waals surface area contributed by atoms with Gasteiger partial charge in [-0.2, -0.15) is 0 Å². The van der Waals surface area contributed by atoms with Crippen LogP contribution in [0.25, 0.3) is 21.8 Å². The normalized spacial score (nSPS) is 14.9. The number of hydrogen-bond acceptors (Lipinski definition) is 6. The number of fused-ring (bicyclic) bond motifs is 4. The van der Waals surface area contributed by atoms with Gasteiger partial charge in [-0.15, -0.1) is 0 Å². The second-order valence-electron chi connectivity index (χ2n) is 11.8. The van der Waals surface area contributed by atoms with Crippen LogP contribution < -0.4 is 0 Å². The predicted molar refractivity (Wildman–Crippen MR) is 176 cm³/mol. The molecule has 0 amide bonds. The van der Waals surface area contributed by atoms with E-state index in [1.54, 1.807) is 0 Å². The molecular weight excluding hydrogens is 542 g/mol. The van der Waals surface area contributed by atoms with Crippen LogP contribution in [0.5, 0.6) is 0 Å². The number of nitrogens with zero attached hydrogens (tertiary/aromatic N) is 6. The Morgan fingerprint density at radius 2 is 1.41 bits per heavy atom. The van der Waals surface area contributed by atoms with E-state index in [4.69, 9.17) is 9.97 Å². The number of aromatic nitrogens is 5. The zero-order chi connectivity index (χ0) is 29.6. The highest BCUT2D eigenvalue weighted by Crippen LogP contribution is 2.35. The van der Waals surface area contributed by atoms with Gasteiger partial charge in [-0.1, -0.05) is 36.4 Å². The number of benzene rings is 1. The van der Waals surface area contributed by atoms with E-state index in [1.807, 2.05) is 36.9 Å². The first kappa shape index (κ1) is 28.3. The Labute approximate surface area is 259 Å². The van der Waals surface area contributed by atoms with E-state index in [-0.39, 0.29) is 0 Å². The molecule has 1 aliphatic rings. The molecule has 1 unspecified atom stereocenters. The Bertz CT molecular complexity index is 1760. The van der Waals surface area contributed by atoms with Crippen molar-refractivity contribution >= 4 is 21.8 Å². The smallest absolute Gasteiger partial charge is 0.0784 e. The summed E-state index contributed by atoms with van der Waals surface area (Å²) in [4.78, 5) is 27.8. The summed E-state index contributed by atoms with van der Waals surface area (Å²) in [5.74, 6) is 0. The summed E-state index contributed by atoms with van der Waals surface area (Å²) >= 11 is 0. The second kappa shape index (κ2) is 13.5. The minimum atomic E-state index is 0.291. The van der Waals surface area contributed by atoms with Gasteiger partial charge in [0, 0.05) is 60.7 Å². The highest BCUT2D eigenvalue weighted by molar-refractivity contribution is 6.07. The number of aromatic amines is 1. The molecule has 7 nitrogen and oxygen atoms in total. The fraction of sp³-hybridized carbons (Fsp3) is 0.297. The monoisotopic (exact) mass is 581 g/mol. The van der Waals surface area contributed by atoms with Gasteiger partial charge >= 0.3 is 0 Å². The molecule has 1 aromatic carbocycles. The summed E-state index contributed by atoms with van der Waals surface area (Å²) in [6.45, 7) is 4.38. The minimum Gasteiger partial charge on any atom is -0.353 e. The maximum atomic E-state index is 4.93. The first-order valence-corrected chi connectivity index (χ1v) is 15.9. The Morgan fingerprint density at radius 3 is 2.20 bits per heavy atom. The van der Waals surface area contributed by atoms with E-state index in [0.717, 1.165) is 86.5 Å². The van der Waals surface area contributed by atoms with Crippen LogP contribution in [0.15, 0.2) is 104 Å². The summed E-state index contributed by atoms with van der Waals surface area (Å²) in [6, 6.07) is 27.6. The third-order valence-electron chi connectivity index (χ3n) is 8.86. The number of hydrogen-bond donors (Lipinski definition) is 1. The quantitative estimate of drug-likeness (QED) is 0.153. The van der Waals surface area contributed by atoms with Crippen LogP contribution in [0.4, 0.5) is 0 Å². The first-order chi connectivity index (χ1) is 21.8. The van der Waals surface area contributed by atoms with E-state index in [0.29, 0.717) is 6.04 Å². The highest BCUT2D eigenvalue weighted by Gasteiger charge is 2.28. The Morgan fingerprint density at radius 1 is 0.659 bits per heavy atom. The van der Waals surface area contributed by atoms with Crippen molar-refractivity contribution in [2.24, 2.45) is 0 Å². The topological polar surface area (TPSA) is 73.8 Å². The van der Waals surface area contributed by atoms with E-state index in [1.165, 1.54) is 28.5 Å². The summed E-state index contributed by atoms with van der Waals surface area (Å²) in [6.07, 6.45) is 13.3. The van der Waals surface area contributed by atoms with Gasteiger partial charge in [0.25, 0.3) is 0 Å². The molecule has 6 aromatic rings. The third-order valence-corrected chi connectivity index (χ3v) is 8.86. The van der Waals surface area contributed by atoms with E-state index in [2.05, 4.69) is 91.5 Å². The highest BCUT2D eigenvalue weighted by atomic mass is 15.2. The van der Waals surface area contributed by atoms with Gasteiger partial charge in [-0.05, 0) is 93.2 Å². The van der Waals surface area contributed by atoms with Crippen molar-refractivity contribution in [1.29, 1.82) is 0 Å². The van der Waals surface area contributed by atoms with Crippen molar-refractivity contribution in [3.05, 3.63) is 132 Å². The fourth-order valence-corrected chi connectivity index (χ4v) is 6.73. The van der Waals surface area contributed by atoms with Crippen molar-refractivity contribution in [2.75, 3.05) is 13.1 Å². The van der Waals surface area contributed by atoms with Crippen molar-refractivity contribution in [1.82, 2.24) is 34.7 Å². The second-order valence-corrected chi connectivity index (χ2v) is 11.8. The zero-order valence-corrected chi connectivity index (χ0v) is 25.1. The first-order valence-electron chi connectivity index (χ1n) is 15.9. The fourth-order valence-electron chi connectivity index (χ4n) is 6.73. The molecule has 7 rings (SSSR count). The molecular formula is C37H39N7. The van der Waals surface area contributed by atoms with E-state index >= 15 is 0 Å². The summed E-state index contributed by atoms with van der Waals surface area (Å²) in [5, 5.41) is 2.50. The third kappa shape index (κ3) is 6.39. The van der Waals surface area contributed by atoms with Gasteiger partial charge in [0.1, 0.15) is 0 Å². The average Bonchev–Trinajstić information content (AvgIpc) is 3.46. The minimum absolute atomic E-state index is 0.291. The van der Waals surface area contributed by atoms with Crippen LogP contribution in [-0.4, -0.2) is 47.8 Å². The standard InChI is InChI=1S/C37H39N7/c1-2-16-33-31(15-1)32-18-22-40-34(37(32)42-33)27-44(35-17-9-11-28-12-10-21-41-36(28)35)24-8-7-23-43(25-29-13-3-5-19-38-29)26-30-14-4-6-20-39-30/h1-6,10,12-16,18-22,35,42H,7-9,11,17,23-27H2. The van der Waals surface area contributed by atoms with Crippen LogP contribution in [0.3, 0.4) is 0 Å². The van der Waals surface area contributed by atoms with Crippen molar-refractivity contribution < 1.29 is 0 Å². The molecule has 222 valence electrons. The maximum absolute atomic E-state index is 4.93. The molecule has 7 heteroatoms. The molecule has 44 heavy (non-hydrogen) atoms. The molecule has 1 atom stereocenters. The summed E-state index contributed by atoms with van der Waals surface area (Å²) in [7, 11) is 0. The Hall–Kier alpha value is -4.46. The van der Waals surface area contributed by atoms with Gasteiger partial charge in [-0.25, -0.2) is 0 Å².